The van der Waals surface area contributed by atoms with Gasteiger partial charge in [0.2, 0.25) is 0 Å². The maximum atomic E-state index is 12.6. The van der Waals surface area contributed by atoms with E-state index in [-0.39, 0.29) is 12.3 Å². The SMILES string of the molecule is CCC(CC)[C@H](Oc1ccc(Cl)cc1Cl)[C@H](C)OC(=O)[C@H](C)CC(=O)OC(C)(C)C. The Balaban J connectivity index is 2.87. The molecule has 0 amide bonds. The molecule has 0 N–H and O–H groups in total. The van der Waals surface area contributed by atoms with Crippen molar-refractivity contribution in [1.82, 2.24) is 0 Å². The zero-order valence-electron chi connectivity index (χ0n) is 19.0. The molecule has 0 heterocycles. The van der Waals surface area contributed by atoms with Gasteiger partial charge < -0.3 is 14.2 Å². The molecule has 0 saturated carbocycles. The number of hydrogen-bond acceptors (Lipinski definition) is 5. The van der Waals surface area contributed by atoms with Gasteiger partial charge in [0.1, 0.15) is 23.6 Å². The average Bonchev–Trinajstić information content (AvgIpc) is 2.61. The molecule has 1 rings (SSSR count). The Hall–Kier alpha value is -1.46. The predicted molar refractivity (Wildman–Crippen MR) is 120 cm³/mol. The van der Waals surface area contributed by atoms with Crippen molar-refractivity contribution < 1.29 is 23.8 Å². The Morgan fingerprint density at radius 2 is 1.67 bits per heavy atom. The predicted octanol–water partition coefficient (Wildman–Crippen LogP) is 6.48. The minimum atomic E-state index is -0.622. The summed E-state index contributed by atoms with van der Waals surface area (Å²) in [5.74, 6) is -0.873. The van der Waals surface area contributed by atoms with E-state index in [1.807, 2.05) is 0 Å². The molecule has 0 aliphatic carbocycles. The van der Waals surface area contributed by atoms with Gasteiger partial charge in [0, 0.05) is 5.02 Å². The molecule has 5 nitrogen and oxygen atoms in total. The van der Waals surface area contributed by atoms with Crippen LogP contribution in [0.1, 0.15) is 67.7 Å². The van der Waals surface area contributed by atoms with Gasteiger partial charge in [-0.3, -0.25) is 9.59 Å². The van der Waals surface area contributed by atoms with Crippen LogP contribution in [0.25, 0.3) is 0 Å². The van der Waals surface area contributed by atoms with Gasteiger partial charge in [-0.05, 0) is 64.7 Å². The van der Waals surface area contributed by atoms with Crippen LogP contribution in [0.2, 0.25) is 10.0 Å². The van der Waals surface area contributed by atoms with Crippen molar-refractivity contribution in [3.8, 4) is 5.75 Å². The number of carbonyl (C=O) groups is 2. The molecule has 0 radical (unpaired) electrons. The summed E-state index contributed by atoms with van der Waals surface area (Å²) in [6.07, 6.45) is 0.734. The molecular formula is C23H34Cl2O5. The molecule has 170 valence electrons. The van der Waals surface area contributed by atoms with Crippen LogP contribution in [0.5, 0.6) is 5.75 Å². The van der Waals surface area contributed by atoms with Crippen molar-refractivity contribution in [2.24, 2.45) is 11.8 Å². The second-order valence-corrected chi connectivity index (χ2v) is 9.41. The van der Waals surface area contributed by atoms with E-state index < -0.39 is 35.7 Å². The third-order valence-electron chi connectivity index (χ3n) is 4.73. The Bertz CT molecular complexity index is 710. The highest BCUT2D eigenvalue weighted by molar-refractivity contribution is 6.35. The fourth-order valence-corrected chi connectivity index (χ4v) is 3.58. The maximum Gasteiger partial charge on any atom is 0.309 e. The Morgan fingerprint density at radius 3 is 2.17 bits per heavy atom. The molecule has 1 aromatic carbocycles. The summed E-state index contributed by atoms with van der Waals surface area (Å²) in [5.41, 5.74) is -0.597. The van der Waals surface area contributed by atoms with Crippen LogP contribution in [0, 0.1) is 11.8 Å². The Labute approximate surface area is 190 Å². The first-order valence-corrected chi connectivity index (χ1v) is 11.2. The van der Waals surface area contributed by atoms with Crippen LogP contribution in [-0.4, -0.2) is 29.7 Å². The zero-order valence-corrected chi connectivity index (χ0v) is 20.5. The van der Waals surface area contributed by atoms with Crippen molar-refractivity contribution in [1.29, 1.82) is 0 Å². The van der Waals surface area contributed by atoms with Gasteiger partial charge in [-0.15, -0.1) is 0 Å². The topological polar surface area (TPSA) is 61.8 Å². The Kier molecular flexibility index (Phi) is 10.5. The van der Waals surface area contributed by atoms with Gasteiger partial charge in [0.15, 0.2) is 0 Å². The summed E-state index contributed by atoms with van der Waals surface area (Å²) < 4.78 is 17.1. The van der Waals surface area contributed by atoms with Crippen LogP contribution in [0.15, 0.2) is 18.2 Å². The smallest absolute Gasteiger partial charge is 0.309 e. The zero-order chi connectivity index (χ0) is 23.1. The van der Waals surface area contributed by atoms with Gasteiger partial charge in [0.25, 0.3) is 0 Å². The normalized spacial score (nSPS) is 14.7. The summed E-state index contributed by atoms with van der Waals surface area (Å²) >= 11 is 12.2. The standard InChI is InChI=1S/C23H34Cl2O5/c1-8-16(9-2)21(29-19-11-10-17(24)13-18(19)25)15(4)28-22(27)14(3)12-20(26)30-23(5,6)7/h10-11,13-16,21H,8-9,12H2,1-7H3/t14-,15+,21-/m1/s1. The molecule has 0 spiro atoms. The number of esters is 2. The van der Waals surface area contributed by atoms with Gasteiger partial charge in [-0.1, -0.05) is 44.0 Å². The van der Waals surface area contributed by atoms with E-state index in [2.05, 4.69) is 13.8 Å². The number of carbonyl (C=O) groups excluding carboxylic acids is 2. The summed E-state index contributed by atoms with van der Waals surface area (Å²) in [6.45, 7) is 12.9. The highest BCUT2D eigenvalue weighted by Crippen LogP contribution is 2.32. The van der Waals surface area contributed by atoms with Gasteiger partial charge >= 0.3 is 11.9 Å². The van der Waals surface area contributed by atoms with Crippen LogP contribution in [0.3, 0.4) is 0 Å². The highest BCUT2D eigenvalue weighted by atomic mass is 35.5. The summed E-state index contributed by atoms with van der Waals surface area (Å²) in [7, 11) is 0. The first-order chi connectivity index (χ1) is 13.9. The number of halogens is 2. The number of rotatable bonds is 10. The molecule has 0 aliphatic rings. The van der Waals surface area contributed by atoms with E-state index in [4.69, 9.17) is 37.4 Å². The molecule has 30 heavy (non-hydrogen) atoms. The molecule has 1 aromatic rings. The minimum Gasteiger partial charge on any atom is -0.485 e. The molecular weight excluding hydrogens is 427 g/mol. The average molecular weight is 461 g/mol. The second kappa shape index (κ2) is 11.8. The van der Waals surface area contributed by atoms with Gasteiger partial charge in [-0.2, -0.15) is 0 Å². The van der Waals surface area contributed by atoms with E-state index in [9.17, 15) is 9.59 Å². The lowest BCUT2D eigenvalue weighted by Crippen LogP contribution is -2.40. The molecule has 7 heteroatoms. The summed E-state index contributed by atoms with van der Waals surface area (Å²) in [6, 6.07) is 5.02. The number of hydrogen-bond donors (Lipinski definition) is 0. The molecule has 0 fully saturated rings. The lowest BCUT2D eigenvalue weighted by Gasteiger charge is -2.32. The maximum absolute atomic E-state index is 12.6. The van der Waals surface area contributed by atoms with Crippen molar-refractivity contribution in [2.75, 3.05) is 0 Å². The van der Waals surface area contributed by atoms with E-state index in [1.54, 1.807) is 52.8 Å². The van der Waals surface area contributed by atoms with Gasteiger partial charge in [0.05, 0.1) is 17.4 Å². The van der Waals surface area contributed by atoms with E-state index in [1.165, 1.54) is 0 Å². The highest BCUT2D eigenvalue weighted by Gasteiger charge is 2.32. The monoisotopic (exact) mass is 460 g/mol. The van der Waals surface area contributed by atoms with Crippen LogP contribution in [0.4, 0.5) is 0 Å². The first-order valence-electron chi connectivity index (χ1n) is 10.4. The van der Waals surface area contributed by atoms with Crippen LogP contribution >= 0.6 is 23.2 Å². The molecule has 0 saturated heterocycles. The quantitative estimate of drug-likeness (QED) is 0.374. The third kappa shape index (κ3) is 8.73. The fourth-order valence-electron chi connectivity index (χ4n) is 3.13. The van der Waals surface area contributed by atoms with E-state index >= 15 is 0 Å². The first kappa shape index (κ1) is 26.6. The Morgan fingerprint density at radius 1 is 1.07 bits per heavy atom. The largest absolute Gasteiger partial charge is 0.485 e. The number of ether oxygens (including phenoxy) is 3. The van der Waals surface area contributed by atoms with Crippen LogP contribution in [-0.2, 0) is 19.1 Å². The van der Waals surface area contributed by atoms with Crippen molar-refractivity contribution >= 4 is 35.1 Å². The van der Waals surface area contributed by atoms with Crippen molar-refractivity contribution in [3.63, 3.8) is 0 Å². The van der Waals surface area contributed by atoms with Crippen LogP contribution < -0.4 is 4.74 Å². The van der Waals surface area contributed by atoms with E-state index in [0.717, 1.165) is 12.8 Å². The summed E-state index contributed by atoms with van der Waals surface area (Å²) in [5, 5.41) is 0.914. The lowest BCUT2D eigenvalue weighted by atomic mass is 9.93. The molecule has 0 unspecified atom stereocenters. The molecule has 0 aromatic heterocycles. The number of benzene rings is 1. The van der Waals surface area contributed by atoms with E-state index in [0.29, 0.717) is 15.8 Å². The summed E-state index contributed by atoms with van der Waals surface area (Å²) in [4.78, 5) is 24.6. The second-order valence-electron chi connectivity index (χ2n) is 8.57. The van der Waals surface area contributed by atoms with Crippen molar-refractivity contribution in [3.05, 3.63) is 28.2 Å². The molecule has 0 aliphatic heterocycles. The minimum absolute atomic E-state index is 0.0393. The van der Waals surface area contributed by atoms with Gasteiger partial charge in [-0.25, -0.2) is 0 Å². The molecule has 0 bridgehead atoms. The van der Waals surface area contributed by atoms with Crippen molar-refractivity contribution in [2.45, 2.75) is 85.5 Å². The lowest BCUT2D eigenvalue weighted by molar-refractivity contribution is -0.166. The fraction of sp³-hybridized carbons (Fsp3) is 0.652. The third-order valence-corrected chi connectivity index (χ3v) is 5.26. The molecule has 3 atom stereocenters.